The van der Waals surface area contributed by atoms with E-state index in [9.17, 15) is 19.8 Å². The molecule has 3 unspecified atom stereocenters. The maximum Gasteiger partial charge on any atom is 0.311 e. The summed E-state index contributed by atoms with van der Waals surface area (Å²) in [6.07, 6.45) is -4.82. The van der Waals surface area contributed by atoms with E-state index in [-0.39, 0.29) is 44.0 Å². The molecule has 14 nitrogen and oxygen atoms in total. The summed E-state index contributed by atoms with van der Waals surface area (Å²) in [6.45, 7) is 23.2. The molecule has 4 saturated heterocycles. The van der Waals surface area contributed by atoms with Crippen LogP contribution in [0.5, 0.6) is 0 Å². The number of pyridine rings is 1. The minimum Gasteiger partial charge on any atom is -0.459 e. The van der Waals surface area contributed by atoms with Crippen LogP contribution in [0.15, 0.2) is 48.7 Å². The Hall–Kier alpha value is -3.33. The van der Waals surface area contributed by atoms with Crippen molar-refractivity contribution in [1.29, 1.82) is 0 Å². The molecule has 0 bridgehead atoms. The number of para-hydroxylation sites is 1. The molecule has 14 heteroatoms. The molecule has 5 heterocycles. The highest BCUT2D eigenvalue weighted by atomic mass is 16.7. The summed E-state index contributed by atoms with van der Waals surface area (Å²) in [7, 11) is 5.35. The van der Waals surface area contributed by atoms with Crippen LogP contribution >= 0.6 is 0 Å². The Labute approximate surface area is 392 Å². The Balaban J connectivity index is 1.49. The van der Waals surface area contributed by atoms with Crippen LogP contribution in [0.1, 0.15) is 100 Å². The monoisotopic (exact) mass is 921 g/mol. The summed E-state index contributed by atoms with van der Waals surface area (Å²) in [5, 5.41) is 24.1. The number of benzene rings is 1. The quantitative estimate of drug-likeness (QED) is 0.165. The number of esters is 1. The van der Waals surface area contributed by atoms with Crippen LogP contribution in [-0.2, 0) is 47.5 Å². The van der Waals surface area contributed by atoms with Gasteiger partial charge in [-0.25, -0.2) is 0 Å². The maximum absolute atomic E-state index is 15.0. The van der Waals surface area contributed by atoms with Crippen LogP contribution in [0.3, 0.4) is 0 Å². The number of carbonyl (C=O) groups is 2. The SMILES string of the molecule is C=C1CO[C@]2(C)[C@@H](CC)OC(=O)[C@H](C)[C@@H](O[C@H]3C[C@@](C)(OC)C(O)[C@H](C)O3)[C@H](C)[C@@H](O[C@@H]3O[C@H](C)C[C@H](N(C)C)[C@H]3O)[C@](C)(OCC#Cc3cnc4ccccc4c3)CC(C)C(=O)C(C)[C@H]12. The van der Waals surface area contributed by atoms with E-state index < -0.39 is 102 Å². The third kappa shape index (κ3) is 10.8. The second-order valence-electron chi connectivity index (χ2n) is 20.4. The van der Waals surface area contributed by atoms with Crippen molar-refractivity contribution in [2.45, 2.75) is 173 Å². The predicted octanol–water partition coefficient (Wildman–Crippen LogP) is 6.26. The number of likely N-dealkylation sites (N-methyl/N-ethyl adjacent to an activating group) is 1. The van der Waals surface area contributed by atoms with Gasteiger partial charge in [0.15, 0.2) is 12.6 Å². The van der Waals surface area contributed by atoms with E-state index in [4.69, 9.17) is 37.9 Å². The molecule has 0 amide bonds. The zero-order chi connectivity index (χ0) is 48.5. The minimum atomic E-state index is -1.34. The molecular formula is C52H76N2O12. The van der Waals surface area contributed by atoms with Gasteiger partial charge < -0.3 is 53.0 Å². The number of cyclic esters (lactones) is 1. The molecule has 4 fully saturated rings. The fraction of sp³-hybridized carbons (Fsp3) is 0.712. The summed E-state index contributed by atoms with van der Waals surface area (Å²) < 4.78 is 52.7. The van der Waals surface area contributed by atoms with Gasteiger partial charge in [-0.05, 0) is 92.6 Å². The number of aliphatic hydroxyl groups excluding tert-OH is 2. The van der Waals surface area contributed by atoms with Gasteiger partial charge in [0, 0.05) is 60.4 Å². The largest absolute Gasteiger partial charge is 0.459 e. The molecule has 1 aromatic heterocycles. The number of ether oxygens (including phenoxy) is 8. The number of hydrogen-bond donors (Lipinski definition) is 2. The van der Waals surface area contributed by atoms with Crippen molar-refractivity contribution in [2.24, 2.45) is 29.6 Å². The first kappa shape index (κ1) is 52.0. The van der Waals surface area contributed by atoms with Gasteiger partial charge in [-0.2, -0.15) is 0 Å². The Morgan fingerprint density at radius 2 is 1.68 bits per heavy atom. The molecule has 0 saturated carbocycles. The molecule has 0 spiro atoms. The van der Waals surface area contributed by atoms with Gasteiger partial charge in [-0.3, -0.25) is 14.6 Å². The first-order chi connectivity index (χ1) is 31.1. The number of fused-ring (bicyclic) bond motifs is 2. The normalized spacial score (nSPS) is 41.8. The molecule has 0 aliphatic carbocycles. The second-order valence-corrected chi connectivity index (χ2v) is 20.4. The molecular weight excluding hydrogens is 845 g/mol. The molecule has 18 atom stereocenters. The van der Waals surface area contributed by atoms with E-state index >= 15 is 0 Å². The summed E-state index contributed by atoms with van der Waals surface area (Å²) in [5.74, 6) is 2.51. The number of Topliss-reactive ketones (excluding diaryl/α,β-unsaturated/α-hetero) is 1. The summed E-state index contributed by atoms with van der Waals surface area (Å²) in [5.41, 5.74) is -1.10. The van der Waals surface area contributed by atoms with Gasteiger partial charge in [0.2, 0.25) is 0 Å². The first-order valence-corrected chi connectivity index (χ1v) is 23.8. The summed E-state index contributed by atoms with van der Waals surface area (Å²) >= 11 is 0. The van der Waals surface area contributed by atoms with E-state index in [1.54, 1.807) is 27.0 Å². The molecule has 2 aromatic rings. The lowest BCUT2D eigenvalue weighted by atomic mass is 9.69. The second kappa shape index (κ2) is 21.1. The van der Waals surface area contributed by atoms with Crippen molar-refractivity contribution < 1.29 is 57.7 Å². The zero-order valence-corrected chi connectivity index (χ0v) is 41.4. The van der Waals surface area contributed by atoms with Crippen molar-refractivity contribution in [1.82, 2.24) is 9.88 Å². The van der Waals surface area contributed by atoms with Crippen LogP contribution in [0.25, 0.3) is 10.9 Å². The van der Waals surface area contributed by atoms with Gasteiger partial charge in [0.25, 0.3) is 0 Å². The van der Waals surface area contributed by atoms with Crippen LogP contribution in [0.4, 0.5) is 0 Å². The number of rotatable bonds is 9. The van der Waals surface area contributed by atoms with E-state index in [0.29, 0.717) is 18.4 Å². The smallest absolute Gasteiger partial charge is 0.311 e. The average molecular weight is 921 g/mol. The predicted molar refractivity (Wildman–Crippen MR) is 249 cm³/mol. The molecule has 366 valence electrons. The highest BCUT2D eigenvalue weighted by Gasteiger charge is 2.57. The van der Waals surface area contributed by atoms with E-state index in [1.165, 1.54) is 7.11 Å². The summed E-state index contributed by atoms with van der Waals surface area (Å²) in [6, 6.07) is 9.48. The fourth-order valence-corrected chi connectivity index (χ4v) is 11.3. The number of hydrogen-bond acceptors (Lipinski definition) is 14. The van der Waals surface area contributed by atoms with Gasteiger partial charge >= 0.3 is 5.97 Å². The standard InChI is InChI=1S/C52H76N2O12/c1-15-40-52(11)42(30(3)28-61-52)32(5)43(55)29(2)25-51(10,60-22-18-19-36-24-37-20-16-17-21-38(37)53-27-36)47(66-49-44(56)39(54(12)13)23-31(4)62-49)33(6)45(34(7)48(58)64-40)65-41-26-50(9,59-14)46(57)35(8)63-41/h16-17,20-21,24,27,29,31-35,39-42,44-47,49,56-57H,3,15,22-23,25-26,28H2,1-2,4-14H3/t29?,31-,32?,33+,34-,35+,39+,40-,41+,42+,44-,45+,46?,47-,49+,50-,51-,52-/m1/s1. The third-order valence-corrected chi connectivity index (χ3v) is 15.1. The first-order valence-electron chi connectivity index (χ1n) is 23.8. The molecule has 66 heavy (non-hydrogen) atoms. The lowest BCUT2D eigenvalue weighted by Gasteiger charge is -2.50. The highest BCUT2D eigenvalue weighted by molar-refractivity contribution is 5.84. The van der Waals surface area contributed by atoms with Crippen LogP contribution in [-0.4, -0.2) is 144 Å². The Bertz CT molecular complexity index is 2090. The molecule has 0 radical (unpaired) electrons. The van der Waals surface area contributed by atoms with Gasteiger partial charge in [-0.15, -0.1) is 0 Å². The van der Waals surface area contributed by atoms with E-state index in [1.807, 2.05) is 97.8 Å². The van der Waals surface area contributed by atoms with Gasteiger partial charge in [-0.1, -0.05) is 64.3 Å². The molecule has 4 aliphatic rings. The molecule has 4 aliphatic heterocycles. The fourth-order valence-electron chi connectivity index (χ4n) is 11.3. The Kier molecular flexibility index (Phi) is 16.7. The highest BCUT2D eigenvalue weighted by Crippen LogP contribution is 2.47. The average Bonchev–Trinajstić information content (AvgIpc) is 3.59. The number of carbonyl (C=O) groups excluding carboxylic acids is 2. The molecule has 6 rings (SSSR count). The number of methoxy groups -OCH3 is 1. The minimum absolute atomic E-state index is 0.0379. The van der Waals surface area contributed by atoms with Gasteiger partial charge in [0.05, 0.1) is 53.7 Å². The third-order valence-electron chi connectivity index (χ3n) is 15.1. The zero-order valence-electron chi connectivity index (χ0n) is 41.4. The van der Waals surface area contributed by atoms with Crippen molar-refractivity contribution in [3.8, 4) is 11.8 Å². The van der Waals surface area contributed by atoms with E-state index in [2.05, 4.69) is 23.4 Å². The molecule has 2 N–H and O–H groups in total. The van der Waals surface area contributed by atoms with Crippen molar-refractivity contribution in [3.63, 3.8) is 0 Å². The number of aromatic nitrogens is 1. The van der Waals surface area contributed by atoms with Gasteiger partial charge in [0.1, 0.15) is 36.3 Å². The maximum atomic E-state index is 15.0. The van der Waals surface area contributed by atoms with E-state index in [0.717, 1.165) is 16.5 Å². The number of ketones is 1. The Morgan fingerprint density at radius 3 is 2.36 bits per heavy atom. The Morgan fingerprint density at radius 1 is 0.970 bits per heavy atom. The number of aliphatic hydroxyl groups is 2. The van der Waals surface area contributed by atoms with Crippen LogP contribution in [0.2, 0.25) is 0 Å². The lowest BCUT2D eigenvalue weighted by Crippen LogP contribution is -2.61. The molecule has 1 aromatic carbocycles. The van der Waals surface area contributed by atoms with Crippen molar-refractivity contribution >= 4 is 22.7 Å². The van der Waals surface area contributed by atoms with Crippen molar-refractivity contribution in [3.05, 3.63) is 54.2 Å². The lowest BCUT2D eigenvalue weighted by molar-refractivity contribution is -0.320. The van der Waals surface area contributed by atoms with Crippen LogP contribution < -0.4 is 0 Å². The topological polar surface area (TPSA) is 165 Å². The van der Waals surface area contributed by atoms with Crippen LogP contribution in [0, 0.1) is 41.4 Å². The summed E-state index contributed by atoms with van der Waals surface area (Å²) in [4.78, 5) is 36.3. The number of nitrogens with zero attached hydrogens (tertiary/aromatic N) is 2. The van der Waals surface area contributed by atoms with Crippen molar-refractivity contribution in [2.75, 3.05) is 34.4 Å².